The molecule has 2 rings (SSSR count). The van der Waals surface area contributed by atoms with E-state index in [9.17, 15) is 9.59 Å². The first kappa shape index (κ1) is 10.7. The quantitative estimate of drug-likeness (QED) is 0.813. The van der Waals surface area contributed by atoms with Crippen molar-refractivity contribution in [2.45, 2.75) is 0 Å². The van der Waals surface area contributed by atoms with Crippen LogP contribution in [0.3, 0.4) is 0 Å². The molecule has 1 aromatic carbocycles. The molecule has 2 aromatic rings. The topological polar surface area (TPSA) is 59.2 Å². The van der Waals surface area contributed by atoms with Crippen molar-refractivity contribution in [3.05, 3.63) is 39.1 Å². The zero-order chi connectivity index (χ0) is 11.7. The van der Waals surface area contributed by atoms with Gasteiger partial charge in [-0.05, 0) is 12.1 Å². The lowest BCUT2D eigenvalue weighted by Crippen LogP contribution is -2.07. The minimum atomic E-state index is -0.371. The van der Waals surface area contributed by atoms with Gasteiger partial charge in [0.25, 0.3) is 0 Å². The number of rotatable bonds is 2. The summed E-state index contributed by atoms with van der Waals surface area (Å²) in [6.07, 6.45) is 0.608. The van der Waals surface area contributed by atoms with Crippen molar-refractivity contribution in [2.24, 2.45) is 0 Å². The van der Waals surface area contributed by atoms with E-state index in [1.165, 1.54) is 13.2 Å². The molecule has 5 heteroatoms. The van der Waals surface area contributed by atoms with Crippen molar-refractivity contribution in [3.63, 3.8) is 0 Å². The van der Waals surface area contributed by atoms with Gasteiger partial charge in [0, 0.05) is 11.6 Å². The SMILES string of the molecule is COc1ccc(Cl)c2[nH]c(=O)cc(C=O)c12. The van der Waals surface area contributed by atoms with Crippen LogP contribution < -0.4 is 10.3 Å². The number of hydrogen-bond acceptors (Lipinski definition) is 3. The molecule has 0 spiro atoms. The molecule has 0 amide bonds. The van der Waals surface area contributed by atoms with E-state index in [2.05, 4.69) is 4.98 Å². The number of halogens is 1. The van der Waals surface area contributed by atoms with Crippen LogP contribution in [0.2, 0.25) is 5.02 Å². The highest BCUT2D eigenvalue weighted by Crippen LogP contribution is 2.30. The second kappa shape index (κ2) is 3.98. The van der Waals surface area contributed by atoms with Gasteiger partial charge in [-0.1, -0.05) is 11.6 Å². The van der Waals surface area contributed by atoms with Crippen molar-refractivity contribution >= 4 is 28.8 Å². The van der Waals surface area contributed by atoms with Crippen LogP contribution in [-0.4, -0.2) is 18.4 Å². The molecular weight excluding hydrogens is 230 g/mol. The summed E-state index contributed by atoms with van der Waals surface area (Å²) in [7, 11) is 1.49. The van der Waals surface area contributed by atoms with Crippen LogP contribution in [0.25, 0.3) is 10.9 Å². The maximum atomic E-state index is 11.3. The van der Waals surface area contributed by atoms with Gasteiger partial charge >= 0.3 is 0 Å². The Morgan fingerprint density at radius 2 is 2.19 bits per heavy atom. The summed E-state index contributed by atoms with van der Waals surface area (Å²) >= 11 is 5.95. The van der Waals surface area contributed by atoms with Crippen LogP contribution >= 0.6 is 11.6 Å². The normalized spacial score (nSPS) is 10.4. The predicted octanol–water partition coefficient (Wildman–Crippen LogP) is 2.00. The smallest absolute Gasteiger partial charge is 0.249 e. The van der Waals surface area contributed by atoms with E-state index in [1.807, 2.05) is 0 Å². The van der Waals surface area contributed by atoms with Crippen LogP contribution in [0, 0.1) is 0 Å². The molecule has 1 N–H and O–H groups in total. The third-order valence-electron chi connectivity index (χ3n) is 2.29. The van der Waals surface area contributed by atoms with Gasteiger partial charge in [0.2, 0.25) is 5.56 Å². The Morgan fingerprint density at radius 3 is 2.81 bits per heavy atom. The third kappa shape index (κ3) is 1.57. The molecule has 0 unspecified atom stereocenters. The fourth-order valence-electron chi connectivity index (χ4n) is 1.60. The number of fused-ring (bicyclic) bond motifs is 1. The third-order valence-corrected chi connectivity index (χ3v) is 2.60. The first-order valence-electron chi connectivity index (χ1n) is 4.52. The molecule has 0 aliphatic carbocycles. The molecule has 0 saturated heterocycles. The van der Waals surface area contributed by atoms with E-state index in [4.69, 9.17) is 16.3 Å². The van der Waals surface area contributed by atoms with E-state index in [0.29, 0.717) is 28.0 Å². The second-order valence-electron chi connectivity index (χ2n) is 3.21. The van der Waals surface area contributed by atoms with E-state index in [0.717, 1.165) is 0 Å². The number of pyridine rings is 1. The van der Waals surface area contributed by atoms with Crippen molar-refractivity contribution in [1.29, 1.82) is 0 Å². The molecular formula is C11H8ClNO3. The summed E-state index contributed by atoms with van der Waals surface area (Å²) in [5.41, 5.74) is 0.304. The molecule has 4 nitrogen and oxygen atoms in total. The molecule has 0 aliphatic rings. The van der Waals surface area contributed by atoms with Gasteiger partial charge in [0.15, 0.2) is 6.29 Å². The summed E-state index contributed by atoms with van der Waals surface area (Å²) in [5, 5.41) is 0.890. The summed E-state index contributed by atoms with van der Waals surface area (Å²) in [6, 6.07) is 4.47. The molecule has 1 heterocycles. The van der Waals surface area contributed by atoms with Crippen molar-refractivity contribution < 1.29 is 9.53 Å². The molecule has 16 heavy (non-hydrogen) atoms. The highest BCUT2D eigenvalue weighted by atomic mass is 35.5. The Hall–Kier alpha value is -1.81. The summed E-state index contributed by atoms with van der Waals surface area (Å²) < 4.78 is 5.13. The van der Waals surface area contributed by atoms with Gasteiger partial charge in [-0.25, -0.2) is 0 Å². The van der Waals surface area contributed by atoms with E-state index in [1.54, 1.807) is 12.1 Å². The number of ether oxygens (including phenoxy) is 1. The Bertz CT molecular complexity index is 618. The molecule has 0 fully saturated rings. The van der Waals surface area contributed by atoms with E-state index < -0.39 is 0 Å². The Labute approximate surface area is 95.8 Å². The second-order valence-corrected chi connectivity index (χ2v) is 3.61. The number of carbonyl (C=O) groups is 1. The van der Waals surface area contributed by atoms with E-state index >= 15 is 0 Å². The molecule has 0 saturated carbocycles. The first-order valence-corrected chi connectivity index (χ1v) is 4.90. The van der Waals surface area contributed by atoms with Crippen LogP contribution in [0.1, 0.15) is 10.4 Å². The summed E-state index contributed by atoms with van der Waals surface area (Å²) in [6.45, 7) is 0. The maximum Gasteiger partial charge on any atom is 0.249 e. The summed E-state index contributed by atoms with van der Waals surface area (Å²) in [5.74, 6) is 0.498. The zero-order valence-electron chi connectivity index (χ0n) is 8.41. The number of aldehydes is 1. The fourth-order valence-corrected chi connectivity index (χ4v) is 1.81. The number of benzene rings is 1. The van der Waals surface area contributed by atoms with Gasteiger partial charge in [0.1, 0.15) is 5.75 Å². The monoisotopic (exact) mass is 237 g/mol. The minimum absolute atomic E-state index is 0.262. The highest BCUT2D eigenvalue weighted by molar-refractivity contribution is 6.35. The van der Waals surface area contributed by atoms with Gasteiger partial charge in [-0.15, -0.1) is 0 Å². The van der Waals surface area contributed by atoms with Gasteiger partial charge in [0.05, 0.1) is 23.0 Å². The molecule has 82 valence electrons. The lowest BCUT2D eigenvalue weighted by molar-refractivity contribution is 0.112. The number of nitrogens with one attached hydrogen (secondary N) is 1. The van der Waals surface area contributed by atoms with Crippen LogP contribution in [0.5, 0.6) is 5.75 Å². The number of methoxy groups -OCH3 is 1. The molecule has 0 atom stereocenters. The Kier molecular flexibility index (Phi) is 2.66. The van der Waals surface area contributed by atoms with Gasteiger partial charge in [-0.3, -0.25) is 9.59 Å². The number of aromatic amines is 1. The number of hydrogen-bond donors (Lipinski definition) is 1. The number of aromatic nitrogens is 1. The average Bonchev–Trinajstić information content (AvgIpc) is 2.29. The van der Waals surface area contributed by atoms with Gasteiger partial charge in [-0.2, -0.15) is 0 Å². The minimum Gasteiger partial charge on any atom is -0.496 e. The zero-order valence-corrected chi connectivity index (χ0v) is 9.17. The van der Waals surface area contributed by atoms with Crippen LogP contribution in [0.4, 0.5) is 0 Å². The molecule has 0 bridgehead atoms. The maximum absolute atomic E-state index is 11.3. The Balaban J connectivity index is 3.03. The van der Waals surface area contributed by atoms with Crippen molar-refractivity contribution in [2.75, 3.05) is 7.11 Å². The molecule has 0 radical (unpaired) electrons. The first-order chi connectivity index (χ1) is 7.67. The number of carbonyl (C=O) groups excluding carboxylic acids is 1. The lowest BCUT2D eigenvalue weighted by Gasteiger charge is -2.08. The average molecular weight is 238 g/mol. The Morgan fingerprint density at radius 1 is 1.44 bits per heavy atom. The number of H-pyrrole nitrogens is 1. The summed E-state index contributed by atoms with van der Waals surface area (Å²) in [4.78, 5) is 24.8. The van der Waals surface area contributed by atoms with E-state index in [-0.39, 0.29) is 11.1 Å². The van der Waals surface area contributed by atoms with Crippen molar-refractivity contribution in [1.82, 2.24) is 4.98 Å². The largest absolute Gasteiger partial charge is 0.496 e. The van der Waals surface area contributed by atoms with Gasteiger partial charge < -0.3 is 9.72 Å². The predicted molar refractivity (Wildman–Crippen MR) is 61.5 cm³/mol. The van der Waals surface area contributed by atoms with Crippen molar-refractivity contribution in [3.8, 4) is 5.75 Å². The molecule has 1 aromatic heterocycles. The lowest BCUT2D eigenvalue weighted by atomic mass is 10.1. The fraction of sp³-hybridized carbons (Fsp3) is 0.0909. The van der Waals surface area contributed by atoms with Crippen LogP contribution in [0.15, 0.2) is 23.0 Å². The standard InChI is InChI=1S/C11H8ClNO3/c1-16-8-3-2-7(12)11-10(8)6(5-14)4-9(15)13-11/h2-5H,1H3,(H,13,15). The highest BCUT2D eigenvalue weighted by Gasteiger charge is 2.11. The van der Waals surface area contributed by atoms with Crippen LogP contribution in [-0.2, 0) is 0 Å². The molecule has 0 aliphatic heterocycles.